The van der Waals surface area contributed by atoms with Crippen LogP contribution in [0.1, 0.15) is 41.8 Å². The van der Waals surface area contributed by atoms with Gasteiger partial charge in [-0.1, -0.05) is 12.8 Å². The molecule has 20 heavy (non-hydrogen) atoms. The molecule has 0 aromatic carbocycles. The van der Waals surface area contributed by atoms with Crippen LogP contribution < -0.4 is 5.32 Å². The molecule has 1 saturated carbocycles. The van der Waals surface area contributed by atoms with E-state index in [-0.39, 0.29) is 18.2 Å². The van der Waals surface area contributed by atoms with Gasteiger partial charge in [-0.2, -0.15) is 0 Å². The monoisotopic (exact) mass is 278 g/mol. The third-order valence-corrected chi connectivity index (χ3v) is 3.97. The van der Waals surface area contributed by atoms with Gasteiger partial charge in [-0.15, -0.1) is 0 Å². The standard InChI is InChI=1S/C13H14N2O5/c16-10(17)9-8(3-6-20-9)7-15-11(18)13(14-12(15)19)4-1-2-5-13/h3,6H,1-2,4-5,7H2,(H,14,19)(H,16,17). The van der Waals surface area contributed by atoms with Gasteiger partial charge in [0, 0.05) is 5.56 Å². The molecule has 1 spiro atoms. The molecule has 1 aromatic heterocycles. The van der Waals surface area contributed by atoms with Crippen molar-refractivity contribution in [1.82, 2.24) is 10.2 Å². The van der Waals surface area contributed by atoms with Gasteiger partial charge in [-0.05, 0) is 18.9 Å². The largest absolute Gasteiger partial charge is 0.475 e. The molecule has 0 atom stereocenters. The maximum Gasteiger partial charge on any atom is 0.372 e. The predicted molar refractivity (Wildman–Crippen MR) is 65.9 cm³/mol. The molecule has 2 heterocycles. The fourth-order valence-electron chi connectivity index (χ4n) is 2.96. The van der Waals surface area contributed by atoms with Gasteiger partial charge in [0.05, 0.1) is 12.8 Å². The number of rotatable bonds is 3. The van der Waals surface area contributed by atoms with Crippen LogP contribution in [0.15, 0.2) is 16.7 Å². The quantitative estimate of drug-likeness (QED) is 0.813. The average Bonchev–Trinajstić information content (AvgIpc) is 3.07. The van der Waals surface area contributed by atoms with Crippen molar-refractivity contribution in [2.45, 2.75) is 37.8 Å². The molecular weight excluding hydrogens is 264 g/mol. The summed E-state index contributed by atoms with van der Waals surface area (Å²) in [6.07, 6.45) is 4.34. The molecule has 2 aliphatic rings. The zero-order valence-corrected chi connectivity index (χ0v) is 10.7. The highest BCUT2D eigenvalue weighted by Gasteiger charge is 2.52. The molecule has 0 bridgehead atoms. The van der Waals surface area contributed by atoms with E-state index in [1.165, 1.54) is 12.3 Å². The maximum atomic E-state index is 12.4. The van der Waals surface area contributed by atoms with Crippen molar-refractivity contribution in [2.75, 3.05) is 0 Å². The molecule has 1 aromatic rings. The normalized spacial score (nSPS) is 20.7. The third kappa shape index (κ3) is 1.77. The topological polar surface area (TPSA) is 99.8 Å². The van der Waals surface area contributed by atoms with E-state index in [4.69, 9.17) is 9.52 Å². The second kappa shape index (κ2) is 4.36. The van der Waals surface area contributed by atoms with Crippen molar-refractivity contribution >= 4 is 17.9 Å². The van der Waals surface area contributed by atoms with Crippen LogP contribution in [0, 0.1) is 0 Å². The summed E-state index contributed by atoms with van der Waals surface area (Å²) in [6, 6.07) is 0.998. The summed E-state index contributed by atoms with van der Waals surface area (Å²) in [7, 11) is 0. The molecule has 2 fully saturated rings. The molecule has 3 rings (SSSR count). The van der Waals surface area contributed by atoms with Gasteiger partial charge >= 0.3 is 12.0 Å². The molecule has 3 amide bonds. The Morgan fingerprint density at radius 2 is 2.10 bits per heavy atom. The summed E-state index contributed by atoms with van der Waals surface area (Å²) in [5, 5.41) is 11.7. The Kier molecular flexibility index (Phi) is 2.77. The van der Waals surface area contributed by atoms with Gasteiger partial charge < -0.3 is 14.8 Å². The van der Waals surface area contributed by atoms with Gasteiger partial charge in [0.25, 0.3) is 5.91 Å². The first-order valence-corrected chi connectivity index (χ1v) is 6.47. The number of amides is 3. The summed E-state index contributed by atoms with van der Waals surface area (Å²) >= 11 is 0. The number of carboxylic acid groups (broad SMARTS) is 1. The van der Waals surface area contributed by atoms with Gasteiger partial charge in [0.15, 0.2) is 0 Å². The molecule has 1 aliphatic heterocycles. The maximum absolute atomic E-state index is 12.4. The summed E-state index contributed by atoms with van der Waals surface area (Å²) in [5.74, 6) is -1.72. The highest BCUT2D eigenvalue weighted by Crippen LogP contribution is 2.35. The fourth-order valence-corrected chi connectivity index (χ4v) is 2.96. The molecule has 1 aliphatic carbocycles. The van der Waals surface area contributed by atoms with Crippen LogP contribution in [-0.2, 0) is 11.3 Å². The lowest BCUT2D eigenvalue weighted by Gasteiger charge is -2.19. The number of imide groups is 1. The predicted octanol–water partition coefficient (Wildman–Crippen LogP) is 1.34. The van der Waals surface area contributed by atoms with Crippen LogP contribution >= 0.6 is 0 Å². The van der Waals surface area contributed by atoms with E-state index in [0.717, 1.165) is 17.7 Å². The number of carboxylic acids is 1. The molecule has 7 nitrogen and oxygen atoms in total. The van der Waals surface area contributed by atoms with E-state index in [9.17, 15) is 14.4 Å². The van der Waals surface area contributed by atoms with Crippen LogP contribution in [0.3, 0.4) is 0 Å². The van der Waals surface area contributed by atoms with Crippen molar-refractivity contribution in [3.63, 3.8) is 0 Å². The summed E-state index contributed by atoms with van der Waals surface area (Å²) in [6.45, 7) is -0.0788. The summed E-state index contributed by atoms with van der Waals surface area (Å²) in [5.41, 5.74) is -0.458. The number of hydrogen-bond acceptors (Lipinski definition) is 4. The molecule has 0 unspecified atom stereocenters. The SMILES string of the molecule is O=C(O)c1occc1CN1C(=O)NC2(CCCC2)C1=O. The Morgan fingerprint density at radius 3 is 2.75 bits per heavy atom. The van der Waals surface area contributed by atoms with Crippen molar-refractivity contribution in [3.05, 3.63) is 23.7 Å². The van der Waals surface area contributed by atoms with Crippen LogP contribution in [0.2, 0.25) is 0 Å². The zero-order chi connectivity index (χ0) is 14.3. The Labute approximate surface area is 114 Å². The minimum absolute atomic E-state index is 0.0788. The number of nitrogens with one attached hydrogen (secondary N) is 1. The van der Waals surface area contributed by atoms with E-state index in [2.05, 4.69) is 5.32 Å². The lowest BCUT2D eigenvalue weighted by Crippen LogP contribution is -2.44. The van der Waals surface area contributed by atoms with Gasteiger partial charge in [-0.3, -0.25) is 9.69 Å². The van der Waals surface area contributed by atoms with Gasteiger partial charge in [-0.25, -0.2) is 9.59 Å². The molecule has 106 valence electrons. The Morgan fingerprint density at radius 1 is 1.40 bits per heavy atom. The van der Waals surface area contributed by atoms with E-state index < -0.39 is 17.5 Å². The number of carbonyl (C=O) groups is 3. The van der Waals surface area contributed by atoms with E-state index in [1.807, 2.05) is 0 Å². The lowest BCUT2D eigenvalue weighted by atomic mass is 9.98. The van der Waals surface area contributed by atoms with Crippen molar-refractivity contribution in [3.8, 4) is 0 Å². The minimum atomic E-state index is -1.22. The van der Waals surface area contributed by atoms with Crippen molar-refractivity contribution in [1.29, 1.82) is 0 Å². The Balaban J connectivity index is 1.84. The Bertz CT molecular complexity index is 585. The van der Waals surface area contributed by atoms with Crippen LogP contribution in [-0.4, -0.2) is 33.5 Å². The molecular formula is C13H14N2O5. The van der Waals surface area contributed by atoms with Crippen LogP contribution in [0.5, 0.6) is 0 Å². The van der Waals surface area contributed by atoms with Crippen molar-refractivity contribution < 1.29 is 23.9 Å². The average molecular weight is 278 g/mol. The first-order valence-electron chi connectivity index (χ1n) is 6.47. The number of furan rings is 1. The van der Waals surface area contributed by atoms with E-state index in [0.29, 0.717) is 18.4 Å². The number of aromatic carboxylic acids is 1. The van der Waals surface area contributed by atoms with Crippen LogP contribution in [0.25, 0.3) is 0 Å². The molecule has 7 heteroatoms. The van der Waals surface area contributed by atoms with Gasteiger partial charge in [0.1, 0.15) is 5.54 Å². The molecule has 2 N–H and O–H groups in total. The second-order valence-corrected chi connectivity index (χ2v) is 5.19. The first-order chi connectivity index (χ1) is 9.53. The fraction of sp³-hybridized carbons (Fsp3) is 0.462. The Hall–Kier alpha value is -2.31. The number of carbonyl (C=O) groups excluding carboxylic acids is 2. The number of nitrogens with zero attached hydrogens (tertiary/aromatic N) is 1. The van der Waals surface area contributed by atoms with Crippen LogP contribution in [0.4, 0.5) is 4.79 Å². The highest BCUT2D eigenvalue weighted by molar-refractivity contribution is 6.07. The third-order valence-electron chi connectivity index (χ3n) is 3.97. The number of urea groups is 1. The minimum Gasteiger partial charge on any atom is -0.475 e. The summed E-state index contributed by atoms with van der Waals surface area (Å²) in [4.78, 5) is 36.4. The molecule has 1 saturated heterocycles. The zero-order valence-electron chi connectivity index (χ0n) is 10.7. The van der Waals surface area contributed by atoms with E-state index in [1.54, 1.807) is 0 Å². The first kappa shape index (κ1) is 12.7. The van der Waals surface area contributed by atoms with E-state index >= 15 is 0 Å². The second-order valence-electron chi connectivity index (χ2n) is 5.19. The van der Waals surface area contributed by atoms with Gasteiger partial charge in [0.2, 0.25) is 5.76 Å². The molecule has 0 radical (unpaired) electrons. The smallest absolute Gasteiger partial charge is 0.372 e. The van der Waals surface area contributed by atoms with Crippen molar-refractivity contribution in [2.24, 2.45) is 0 Å². The lowest BCUT2D eigenvalue weighted by molar-refractivity contribution is -0.131. The summed E-state index contributed by atoms with van der Waals surface area (Å²) < 4.78 is 4.85. The highest BCUT2D eigenvalue weighted by atomic mass is 16.4. The number of hydrogen-bond donors (Lipinski definition) is 2.